The molecule has 1 rings (SSSR count). The summed E-state index contributed by atoms with van der Waals surface area (Å²) in [6.07, 6.45) is 1.79. The molecule has 0 aromatic heterocycles. The first kappa shape index (κ1) is 14.5. The molecule has 1 amide bonds. The van der Waals surface area contributed by atoms with E-state index in [-0.39, 0.29) is 24.5 Å². The zero-order chi connectivity index (χ0) is 10.8. The minimum atomic E-state index is -0.418. The molecule has 1 saturated heterocycles. The number of hydrogen-bond donors (Lipinski definition) is 1. The van der Waals surface area contributed by atoms with Crippen LogP contribution in [0.3, 0.4) is 0 Å². The maximum absolute atomic E-state index is 11.7. The van der Waals surface area contributed by atoms with E-state index >= 15 is 0 Å². The van der Waals surface area contributed by atoms with Crippen molar-refractivity contribution < 1.29 is 9.53 Å². The summed E-state index contributed by atoms with van der Waals surface area (Å²) >= 11 is 0. The van der Waals surface area contributed by atoms with Crippen LogP contribution in [0.25, 0.3) is 0 Å². The van der Waals surface area contributed by atoms with Crippen LogP contribution in [0.5, 0.6) is 0 Å². The average molecular weight is 237 g/mol. The van der Waals surface area contributed by atoms with E-state index in [4.69, 9.17) is 10.5 Å². The molecule has 0 bridgehead atoms. The van der Waals surface area contributed by atoms with Gasteiger partial charge in [-0.15, -0.1) is 12.4 Å². The molecule has 0 radical (unpaired) electrons. The number of amides is 1. The second-order valence-corrected chi connectivity index (χ2v) is 4.71. The predicted octanol–water partition coefficient (Wildman–Crippen LogP) is 1.77. The number of carbonyl (C=O) groups excluding carboxylic acids is 1. The van der Waals surface area contributed by atoms with Gasteiger partial charge in [-0.1, -0.05) is 0 Å². The van der Waals surface area contributed by atoms with Crippen molar-refractivity contribution in [3.05, 3.63) is 0 Å². The summed E-state index contributed by atoms with van der Waals surface area (Å²) in [6, 6.07) is 0.171. The second-order valence-electron chi connectivity index (χ2n) is 4.71. The average Bonchev–Trinajstić information content (AvgIpc) is 2.47. The Balaban J connectivity index is 0.00000196. The summed E-state index contributed by atoms with van der Waals surface area (Å²) in [5.74, 6) is 0. The van der Waals surface area contributed by atoms with Crippen LogP contribution in [-0.4, -0.2) is 35.7 Å². The Labute approximate surface area is 97.5 Å². The van der Waals surface area contributed by atoms with Gasteiger partial charge in [0, 0.05) is 19.1 Å². The van der Waals surface area contributed by atoms with Crippen LogP contribution in [0.1, 0.15) is 33.6 Å². The highest BCUT2D eigenvalue weighted by atomic mass is 35.5. The van der Waals surface area contributed by atoms with Gasteiger partial charge in [-0.2, -0.15) is 0 Å². The van der Waals surface area contributed by atoms with Gasteiger partial charge < -0.3 is 15.4 Å². The summed E-state index contributed by atoms with van der Waals surface area (Å²) in [7, 11) is 0. The van der Waals surface area contributed by atoms with Crippen LogP contribution < -0.4 is 5.73 Å². The van der Waals surface area contributed by atoms with Crippen molar-refractivity contribution in [2.24, 2.45) is 5.73 Å². The lowest BCUT2D eigenvalue weighted by Gasteiger charge is -2.27. The number of nitrogens with zero attached hydrogens (tertiary/aromatic N) is 1. The molecule has 0 aliphatic carbocycles. The Morgan fingerprint density at radius 2 is 2.13 bits per heavy atom. The molecule has 1 aliphatic heterocycles. The topological polar surface area (TPSA) is 55.6 Å². The van der Waals surface area contributed by atoms with Crippen molar-refractivity contribution in [3.8, 4) is 0 Å². The highest BCUT2D eigenvalue weighted by molar-refractivity contribution is 5.85. The molecule has 0 spiro atoms. The maximum atomic E-state index is 11.7. The predicted molar refractivity (Wildman–Crippen MR) is 62.3 cm³/mol. The highest BCUT2D eigenvalue weighted by Crippen LogP contribution is 2.19. The number of carbonyl (C=O) groups is 1. The van der Waals surface area contributed by atoms with E-state index in [1.807, 2.05) is 20.8 Å². The van der Waals surface area contributed by atoms with Gasteiger partial charge in [0.1, 0.15) is 5.60 Å². The Hall–Kier alpha value is -0.480. The molecule has 1 atom stereocenters. The molecule has 1 unspecified atom stereocenters. The van der Waals surface area contributed by atoms with Crippen LogP contribution in [0.2, 0.25) is 0 Å². The number of likely N-dealkylation sites (tertiary alicyclic amines) is 1. The minimum absolute atomic E-state index is 0. The molecule has 0 aromatic rings. The van der Waals surface area contributed by atoms with Crippen molar-refractivity contribution in [2.75, 3.05) is 13.1 Å². The molecule has 1 heterocycles. The van der Waals surface area contributed by atoms with Crippen molar-refractivity contribution in [2.45, 2.75) is 45.3 Å². The third-order valence-electron chi connectivity index (χ3n) is 2.28. The smallest absolute Gasteiger partial charge is 0.410 e. The largest absolute Gasteiger partial charge is 0.444 e. The Kier molecular flexibility index (Phi) is 5.38. The number of hydrogen-bond acceptors (Lipinski definition) is 3. The normalized spacial score (nSPS) is 21.1. The SMILES string of the molecule is CC(C)(C)OC(=O)N1CCCC1CN.Cl. The van der Waals surface area contributed by atoms with E-state index in [0.29, 0.717) is 6.54 Å². The van der Waals surface area contributed by atoms with Gasteiger partial charge >= 0.3 is 6.09 Å². The fourth-order valence-corrected chi connectivity index (χ4v) is 1.64. The molecular weight excluding hydrogens is 216 g/mol. The number of ether oxygens (including phenoxy) is 1. The Bertz CT molecular complexity index is 216. The van der Waals surface area contributed by atoms with Gasteiger partial charge in [0.15, 0.2) is 0 Å². The molecule has 0 saturated carbocycles. The quantitative estimate of drug-likeness (QED) is 0.755. The first-order chi connectivity index (χ1) is 6.44. The van der Waals surface area contributed by atoms with Crippen molar-refractivity contribution >= 4 is 18.5 Å². The summed E-state index contributed by atoms with van der Waals surface area (Å²) < 4.78 is 5.29. The van der Waals surface area contributed by atoms with Gasteiger partial charge in [-0.25, -0.2) is 4.79 Å². The fourth-order valence-electron chi connectivity index (χ4n) is 1.64. The second kappa shape index (κ2) is 5.56. The van der Waals surface area contributed by atoms with Crippen molar-refractivity contribution in [1.29, 1.82) is 0 Å². The summed E-state index contributed by atoms with van der Waals surface area (Å²) in [6.45, 7) is 6.92. The monoisotopic (exact) mass is 236 g/mol. The van der Waals surface area contributed by atoms with Gasteiger partial charge in [-0.05, 0) is 33.6 Å². The van der Waals surface area contributed by atoms with Gasteiger partial charge in [0.2, 0.25) is 0 Å². The third-order valence-corrected chi connectivity index (χ3v) is 2.28. The van der Waals surface area contributed by atoms with Crippen molar-refractivity contribution in [1.82, 2.24) is 4.90 Å². The molecule has 0 aromatic carbocycles. The van der Waals surface area contributed by atoms with Gasteiger partial charge in [-0.3, -0.25) is 0 Å². The van der Waals surface area contributed by atoms with E-state index < -0.39 is 5.60 Å². The molecule has 1 aliphatic rings. The van der Waals surface area contributed by atoms with E-state index in [0.717, 1.165) is 19.4 Å². The lowest BCUT2D eigenvalue weighted by molar-refractivity contribution is 0.0232. The molecule has 90 valence electrons. The Morgan fingerprint density at radius 1 is 1.53 bits per heavy atom. The standard InChI is InChI=1S/C10H20N2O2.ClH/c1-10(2,3)14-9(13)12-6-4-5-8(12)7-11;/h8H,4-7,11H2,1-3H3;1H. The minimum Gasteiger partial charge on any atom is -0.444 e. The lowest BCUT2D eigenvalue weighted by atomic mass is 10.2. The number of nitrogens with two attached hydrogens (primary N) is 1. The van der Waals surface area contributed by atoms with Crippen LogP contribution in [0, 0.1) is 0 Å². The first-order valence-corrected chi connectivity index (χ1v) is 5.14. The molecule has 4 nitrogen and oxygen atoms in total. The van der Waals surface area contributed by atoms with Crippen LogP contribution in [0.4, 0.5) is 4.79 Å². The molecule has 5 heteroatoms. The van der Waals surface area contributed by atoms with Gasteiger partial charge in [0.25, 0.3) is 0 Å². The number of rotatable bonds is 1. The molecule has 2 N–H and O–H groups in total. The number of halogens is 1. The van der Waals surface area contributed by atoms with Crippen LogP contribution in [0.15, 0.2) is 0 Å². The van der Waals surface area contributed by atoms with Gasteiger partial charge in [0.05, 0.1) is 0 Å². The zero-order valence-corrected chi connectivity index (χ0v) is 10.5. The summed E-state index contributed by atoms with van der Waals surface area (Å²) in [4.78, 5) is 13.4. The zero-order valence-electron chi connectivity index (χ0n) is 9.66. The summed E-state index contributed by atoms with van der Waals surface area (Å²) in [5.41, 5.74) is 5.16. The highest BCUT2D eigenvalue weighted by Gasteiger charge is 2.30. The fraction of sp³-hybridized carbons (Fsp3) is 0.900. The Morgan fingerprint density at radius 3 is 2.60 bits per heavy atom. The summed E-state index contributed by atoms with van der Waals surface area (Å²) in [5, 5.41) is 0. The van der Waals surface area contributed by atoms with Crippen LogP contribution >= 0.6 is 12.4 Å². The third kappa shape index (κ3) is 4.26. The van der Waals surface area contributed by atoms with E-state index in [2.05, 4.69) is 0 Å². The van der Waals surface area contributed by atoms with E-state index in [9.17, 15) is 4.79 Å². The van der Waals surface area contributed by atoms with Crippen molar-refractivity contribution in [3.63, 3.8) is 0 Å². The molecular formula is C10H21ClN2O2. The molecule has 15 heavy (non-hydrogen) atoms. The van der Waals surface area contributed by atoms with Crippen LogP contribution in [-0.2, 0) is 4.74 Å². The first-order valence-electron chi connectivity index (χ1n) is 5.14. The maximum Gasteiger partial charge on any atom is 0.410 e. The van der Waals surface area contributed by atoms with E-state index in [1.165, 1.54) is 0 Å². The lowest BCUT2D eigenvalue weighted by Crippen LogP contribution is -2.42. The van der Waals surface area contributed by atoms with E-state index in [1.54, 1.807) is 4.90 Å². The molecule has 1 fully saturated rings.